The van der Waals surface area contributed by atoms with Gasteiger partial charge in [-0.25, -0.2) is 9.97 Å². The van der Waals surface area contributed by atoms with Gasteiger partial charge in [0, 0.05) is 16.8 Å². The number of rotatable bonds is 4. The molecular weight excluding hydrogens is 230 g/mol. The van der Waals surface area contributed by atoms with E-state index in [1.165, 1.54) is 5.56 Å². The summed E-state index contributed by atoms with van der Waals surface area (Å²) >= 11 is 1.58. The largest absolute Gasteiger partial charge is 0.330 e. The number of benzene rings is 1. The Morgan fingerprint density at radius 1 is 1.18 bits per heavy atom. The zero-order chi connectivity index (χ0) is 12.1. The second-order valence-corrected chi connectivity index (χ2v) is 4.81. The van der Waals surface area contributed by atoms with Crippen LogP contribution in [0.5, 0.6) is 0 Å². The molecule has 0 fully saturated rings. The fraction of sp³-hybridized carbons (Fsp3) is 0.231. The summed E-state index contributed by atoms with van der Waals surface area (Å²) in [6.07, 6.45) is 2.71. The number of nitrogens with two attached hydrogens (primary N) is 1. The van der Waals surface area contributed by atoms with E-state index < -0.39 is 0 Å². The zero-order valence-electron chi connectivity index (χ0n) is 9.76. The average Bonchev–Trinajstić information content (AvgIpc) is 2.32. The summed E-state index contributed by atoms with van der Waals surface area (Å²) in [5.74, 6) is 0. The van der Waals surface area contributed by atoms with Gasteiger partial charge in [0.1, 0.15) is 0 Å². The molecule has 2 aromatic rings. The molecule has 1 aromatic carbocycles. The Balaban J connectivity index is 2.08. The first-order chi connectivity index (χ1) is 8.28. The minimum Gasteiger partial charge on any atom is -0.330 e. The van der Waals surface area contributed by atoms with E-state index in [1.807, 2.05) is 13.0 Å². The molecule has 0 saturated heterocycles. The molecule has 0 saturated carbocycles. The molecule has 88 valence electrons. The maximum atomic E-state index is 5.51. The van der Waals surface area contributed by atoms with Crippen LogP contribution in [0.3, 0.4) is 0 Å². The summed E-state index contributed by atoms with van der Waals surface area (Å²) < 4.78 is 0. The van der Waals surface area contributed by atoms with Crippen LogP contribution in [0.25, 0.3) is 0 Å². The lowest BCUT2D eigenvalue weighted by Crippen LogP contribution is -2.02. The molecule has 0 spiro atoms. The lowest BCUT2D eigenvalue weighted by atomic mass is 10.2. The number of aromatic nitrogens is 2. The third-order valence-electron chi connectivity index (χ3n) is 2.34. The molecule has 0 amide bonds. The van der Waals surface area contributed by atoms with E-state index in [0.29, 0.717) is 6.54 Å². The van der Waals surface area contributed by atoms with Crippen molar-refractivity contribution in [3.63, 3.8) is 0 Å². The number of aryl methyl sites for hydroxylation is 1. The van der Waals surface area contributed by atoms with Crippen molar-refractivity contribution >= 4 is 11.8 Å². The van der Waals surface area contributed by atoms with Gasteiger partial charge in [-0.05, 0) is 55.4 Å². The Hall–Kier alpha value is -1.39. The zero-order valence-corrected chi connectivity index (χ0v) is 10.6. The molecule has 3 nitrogen and oxygen atoms in total. The van der Waals surface area contributed by atoms with Gasteiger partial charge in [0.15, 0.2) is 5.16 Å². The molecule has 0 aliphatic rings. The van der Waals surface area contributed by atoms with Crippen LogP contribution in [0.2, 0.25) is 0 Å². The second kappa shape index (κ2) is 5.80. The van der Waals surface area contributed by atoms with Crippen LogP contribution in [0.1, 0.15) is 11.3 Å². The Kier molecular flexibility index (Phi) is 4.12. The van der Waals surface area contributed by atoms with Crippen molar-refractivity contribution in [1.82, 2.24) is 9.97 Å². The number of hydrogen-bond acceptors (Lipinski definition) is 4. The van der Waals surface area contributed by atoms with Gasteiger partial charge >= 0.3 is 0 Å². The molecule has 4 heteroatoms. The van der Waals surface area contributed by atoms with Crippen molar-refractivity contribution in [2.45, 2.75) is 23.4 Å². The van der Waals surface area contributed by atoms with E-state index in [2.05, 4.69) is 34.2 Å². The Morgan fingerprint density at radius 2 is 1.94 bits per heavy atom. The van der Waals surface area contributed by atoms with Gasteiger partial charge in [-0.1, -0.05) is 12.1 Å². The van der Waals surface area contributed by atoms with E-state index in [0.717, 1.165) is 22.2 Å². The summed E-state index contributed by atoms with van der Waals surface area (Å²) in [7, 11) is 0. The van der Waals surface area contributed by atoms with Crippen LogP contribution in [-0.4, -0.2) is 16.5 Å². The smallest absolute Gasteiger partial charge is 0.192 e. The molecule has 0 aliphatic carbocycles. The van der Waals surface area contributed by atoms with Gasteiger partial charge in [0.05, 0.1) is 0 Å². The van der Waals surface area contributed by atoms with Crippen LogP contribution < -0.4 is 5.73 Å². The highest BCUT2D eigenvalue weighted by atomic mass is 32.2. The van der Waals surface area contributed by atoms with Gasteiger partial charge in [-0.15, -0.1) is 0 Å². The first-order valence-corrected chi connectivity index (χ1v) is 6.36. The second-order valence-electron chi connectivity index (χ2n) is 3.77. The fourth-order valence-electron chi connectivity index (χ4n) is 1.47. The van der Waals surface area contributed by atoms with Crippen molar-refractivity contribution < 1.29 is 0 Å². The van der Waals surface area contributed by atoms with E-state index in [-0.39, 0.29) is 0 Å². The van der Waals surface area contributed by atoms with Gasteiger partial charge in [-0.3, -0.25) is 0 Å². The molecule has 17 heavy (non-hydrogen) atoms. The Bertz CT molecular complexity index is 482. The van der Waals surface area contributed by atoms with E-state index >= 15 is 0 Å². The molecule has 0 unspecified atom stereocenters. The molecular formula is C13H15N3S. The lowest BCUT2D eigenvalue weighted by molar-refractivity contribution is 0.931. The normalized spacial score (nSPS) is 10.5. The van der Waals surface area contributed by atoms with E-state index in [4.69, 9.17) is 5.73 Å². The van der Waals surface area contributed by atoms with Gasteiger partial charge in [0.2, 0.25) is 0 Å². The first kappa shape index (κ1) is 12.1. The third kappa shape index (κ3) is 3.54. The monoisotopic (exact) mass is 245 g/mol. The summed E-state index contributed by atoms with van der Waals surface area (Å²) in [4.78, 5) is 9.73. The Morgan fingerprint density at radius 3 is 2.59 bits per heavy atom. The number of hydrogen-bond donors (Lipinski definition) is 1. The molecule has 0 aliphatic heterocycles. The maximum Gasteiger partial charge on any atom is 0.192 e. The van der Waals surface area contributed by atoms with Crippen LogP contribution in [-0.2, 0) is 6.42 Å². The van der Waals surface area contributed by atoms with Crippen molar-refractivity contribution in [2.75, 3.05) is 6.54 Å². The topological polar surface area (TPSA) is 51.8 Å². The van der Waals surface area contributed by atoms with Crippen LogP contribution in [0.4, 0.5) is 0 Å². The third-order valence-corrected chi connectivity index (χ3v) is 3.23. The molecule has 2 rings (SSSR count). The minimum atomic E-state index is 0.688. The fourth-order valence-corrected chi connectivity index (χ4v) is 2.26. The molecule has 2 N–H and O–H groups in total. The molecule has 0 bridgehead atoms. The van der Waals surface area contributed by atoms with Crippen molar-refractivity contribution in [2.24, 2.45) is 5.73 Å². The quantitative estimate of drug-likeness (QED) is 0.841. The van der Waals surface area contributed by atoms with Gasteiger partial charge in [-0.2, -0.15) is 0 Å². The maximum absolute atomic E-state index is 5.51. The van der Waals surface area contributed by atoms with Crippen molar-refractivity contribution in [3.05, 3.63) is 47.8 Å². The van der Waals surface area contributed by atoms with Gasteiger partial charge < -0.3 is 5.73 Å². The summed E-state index contributed by atoms with van der Waals surface area (Å²) in [6, 6.07) is 10.3. The minimum absolute atomic E-state index is 0.688. The summed E-state index contributed by atoms with van der Waals surface area (Å²) in [6.45, 7) is 2.66. The summed E-state index contributed by atoms with van der Waals surface area (Å²) in [5.41, 5.74) is 7.77. The molecule has 1 aromatic heterocycles. The van der Waals surface area contributed by atoms with Crippen LogP contribution in [0, 0.1) is 6.92 Å². The van der Waals surface area contributed by atoms with Gasteiger partial charge in [0.25, 0.3) is 0 Å². The van der Waals surface area contributed by atoms with Crippen LogP contribution in [0.15, 0.2) is 46.6 Å². The van der Waals surface area contributed by atoms with E-state index in [1.54, 1.807) is 18.0 Å². The van der Waals surface area contributed by atoms with Crippen molar-refractivity contribution in [1.29, 1.82) is 0 Å². The van der Waals surface area contributed by atoms with Crippen LogP contribution >= 0.6 is 11.8 Å². The first-order valence-electron chi connectivity index (χ1n) is 5.54. The molecule has 0 radical (unpaired) electrons. The van der Waals surface area contributed by atoms with E-state index in [9.17, 15) is 0 Å². The predicted octanol–water partition coefficient (Wildman–Crippen LogP) is 2.44. The highest BCUT2D eigenvalue weighted by molar-refractivity contribution is 7.99. The average molecular weight is 245 g/mol. The highest BCUT2D eigenvalue weighted by Gasteiger charge is 2.00. The standard InChI is InChI=1S/C13H15N3S/c1-10-7-9-15-13(16-10)17-12-4-2-11(3-5-12)6-8-14/h2-5,7,9H,6,8,14H2,1H3. The lowest BCUT2D eigenvalue weighted by Gasteiger charge is -2.02. The molecule has 0 atom stereocenters. The Labute approximate surface area is 105 Å². The van der Waals surface area contributed by atoms with Crippen molar-refractivity contribution in [3.8, 4) is 0 Å². The molecule has 1 heterocycles. The summed E-state index contributed by atoms with van der Waals surface area (Å²) in [5, 5.41) is 0.788. The SMILES string of the molecule is Cc1ccnc(Sc2ccc(CCN)cc2)n1. The predicted molar refractivity (Wildman–Crippen MR) is 70.1 cm³/mol. The number of nitrogens with zero attached hydrogens (tertiary/aromatic N) is 2. The highest BCUT2D eigenvalue weighted by Crippen LogP contribution is 2.24.